The molecule has 0 aliphatic carbocycles. The number of ether oxygens (including phenoxy) is 1. The number of methoxy groups -OCH3 is 1. The molecule has 0 aliphatic heterocycles. The Morgan fingerprint density at radius 3 is 2.72 bits per heavy atom. The van der Waals surface area contributed by atoms with Crippen LogP contribution >= 0.6 is 0 Å². The molecule has 3 rings (SSSR count). The van der Waals surface area contributed by atoms with Crippen molar-refractivity contribution < 1.29 is 14.2 Å². The Balaban J connectivity index is 1.95. The van der Waals surface area contributed by atoms with Crippen molar-refractivity contribution in [1.29, 1.82) is 0 Å². The van der Waals surface area contributed by atoms with Gasteiger partial charge in [0.1, 0.15) is 5.75 Å². The highest BCUT2D eigenvalue weighted by Crippen LogP contribution is 2.23. The Bertz CT molecular complexity index is 908. The largest absolute Gasteiger partial charge is 0.497 e. The summed E-state index contributed by atoms with van der Waals surface area (Å²) in [6.07, 6.45) is 4.49. The summed E-state index contributed by atoms with van der Waals surface area (Å²) in [6, 6.07) is 5.63. The lowest BCUT2D eigenvalue weighted by molar-refractivity contribution is 0.281. The SMILES string of the molecule is COc1cc(C)cc(Nc2ncc(F)c(-n3cc(C)c(CO)c3)n2)c1. The van der Waals surface area contributed by atoms with Crippen LogP contribution in [0.4, 0.5) is 16.0 Å². The van der Waals surface area contributed by atoms with Crippen molar-refractivity contribution in [3.63, 3.8) is 0 Å². The van der Waals surface area contributed by atoms with E-state index in [1.807, 2.05) is 32.0 Å². The van der Waals surface area contributed by atoms with Gasteiger partial charge in [0.2, 0.25) is 5.95 Å². The minimum atomic E-state index is -0.549. The maximum Gasteiger partial charge on any atom is 0.229 e. The number of aliphatic hydroxyl groups is 1. The third-order valence-electron chi connectivity index (χ3n) is 3.82. The Kier molecular flexibility index (Phi) is 4.67. The van der Waals surface area contributed by atoms with Gasteiger partial charge in [-0.3, -0.25) is 0 Å². The number of aryl methyl sites for hydroxylation is 2. The quantitative estimate of drug-likeness (QED) is 0.744. The predicted molar refractivity (Wildman–Crippen MR) is 93.0 cm³/mol. The first kappa shape index (κ1) is 16.9. The van der Waals surface area contributed by atoms with E-state index in [1.54, 1.807) is 24.1 Å². The Labute approximate surface area is 144 Å². The minimum Gasteiger partial charge on any atom is -0.497 e. The number of nitrogens with one attached hydrogen (secondary N) is 1. The second-order valence-electron chi connectivity index (χ2n) is 5.76. The first-order valence-corrected chi connectivity index (χ1v) is 7.74. The van der Waals surface area contributed by atoms with Gasteiger partial charge in [0.15, 0.2) is 11.6 Å². The van der Waals surface area contributed by atoms with E-state index in [1.165, 1.54) is 0 Å². The van der Waals surface area contributed by atoms with Crippen LogP contribution in [0.1, 0.15) is 16.7 Å². The second-order valence-corrected chi connectivity index (χ2v) is 5.76. The lowest BCUT2D eigenvalue weighted by Gasteiger charge is -2.10. The fourth-order valence-electron chi connectivity index (χ4n) is 2.55. The van der Waals surface area contributed by atoms with Crippen LogP contribution in [0.5, 0.6) is 5.75 Å². The normalized spacial score (nSPS) is 10.8. The van der Waals surface area contributed by atoms with E-state index in [4.69, 9.17) is 4.74 Å². The molecule has 25 heavy (non-hydrogen) atoms. The smallest absolute Gasteiger partial charge is 0.229 e. The first-order chi connectivity index (χ1) is 12.0. The average Bonchev–Trinajstić information content (AvgIpc) is 2.96. The molecule has 2 aromatic heterocycles. The number of nitrogens with zero attached hydrogens (tertiary/aromatic N) is 3. The van der Waals surface area contributed by atoms with E-state index >= 15 is 0 Å². The van der Waals surface area contributed by atoms with Crippen molar-refractivity contribution in [3.8, 4) is 11.6 Å². The van der Waals surface area contributed by atoms with E-state index in [0.29, 0.717) is 5.75 Å². The fraction of sp³-hybridized carbons (Fsp3) is 0.222. The van der Waals surface area contributed by atoms with E-state index in [9.17, 15) is 9.50 Å². The van der Waals surface area contributed by atoms with Crippen molar-refractivity contribution in [2.24, 2.45) is 0 Å². The lowest BCUT2D eigenvalue weighted by atomic mass is 10.2. The third kappa shape index (κ3) is 3.61. The number of benzene rings is 1. The molecule has 0 radical (unpaired) electrons. The molecule has 6 nitrogen and oxygen atoms in total. The predicted octanol–water partition coefficient (Wildman–Crippen LogP) is 3.27. The van der Waals surface area contributed by atoms with Crippen LogP contribution in [0.3, 0.4) is 0 Å². The summed E-state index contributed by atoms with van der Waals surface area (Å²) in [6.45, 7) is 3.68. The van der Waals surface area contributed by atoms with Crippen LogP contribution in [-0.2, 0) is 6.61 Å². The topological polar surface area (TPSA) is 72.2 Å². The molecular formula is C18H19FN4O2. The van der Waals surface area contributed by atoms with Crippen LogP contribution in [0.2, 0.25) is 0 Å². The van der Waals surface area contributed by atoms with Gasteiger partial charge >= 0.3 is 0 Å². The molecule has 2 heterocycles. The van der Waals surface area contributed by atoms with Crippen molar-refractivity contribution in [3.05, 3.63) is 59.3 Å². The Morgan fingerprint density at radius 2 is 2.04 bits per heavy atom. The highest BCUT2D eigenvalue weighted by Gasteiger charge is 2.12. The van der Waals surface area contributed by atoms with Crippen LogP contribution in [-0.4, -0.2) is 26.8 Å². The van der Waals surface area contributed by atoms with Gasteiger partial charge in [0.25, 0.3) is 0 Å². The number of hydrogen-bond acceptors (Lipinski definition) is 5. The fourth-order valence-corrected chi connectivity index (χ4v) is 2.55. The molecule has 0 saturated heterocycles. The minimum absolute atomic E-state index is 0.111. The molecular weight excluding hydrogens is 323 g/mol. The summed E-state index contributed by atoms with van der Waals surface area (Å²) in [5, 5.41) is 12.4. The Hall–Kier alpha value is -2.93. The van der Waals surface area contributed by atoms with Gasteiger partial charge in [-0.15, -0.1) is 0 Å². The van der Waals surface area contributed by atoms with Gasteiger partial charge < -0.3 is 19.7 Å². The molecule has 0 amide bonds. The van der Waals surface area contributed by atoms with E-state index in [-0.39, 0.29) is 18.4 Å². The van der Waals surface area contributed by atoms with Crippen molar-refractivity contribution in [2.75, 3.05) is 12.4 Å². The van der Waals surface area contributed by atoms with Crippen molar-refractivity contribution >= 4 is 11.6 Å². The summed E-state index contributed by atoms with van der Waals surface area (Å²) < 4.78 is 21.0. The maximum absolute atomic E-state index is 14.2. The van der Waals surface area contributed by atoms with Crippen LogP contribution in [0.25, 0.3) is 5.82 Å². The van der Waals surface area contributed by atoms with Crippen LogP contribution in [0, 0.1) is 19.7 Å². The Morgan fingerprint density at radius 1 is 1.24 bits per heavy atom. The zero-order chi connectivity index (χ0) is 18.0. The zero-order valence-corrected chi connectivity index (χ0v) is 14.2. The number of halogens is 1. The molecule has 0 fully saturated rings. The number of aliphatic hydroxyl groups excluding tert-OH is 1. The molecule has 0 atom stereocenters. The third-order valence-corrected chi connectivity index (χ3v) is 3.82. The highest BCUT2D eigenvalue weighted by molar-refractivity contribution is 5.58. The van der Waals surface area contributed by atoms with Gasteiger partial charge in [-0.05, 0) is 42.7 Å². The van der Waals surface area contributed by atoms with Gasteiger partial charge in [0, 0.05) is 24.1 Å². The lowest BCUT2D eigenvalue weighted by Crippen LogP contribution is -2.05. The standard InChI is InChI=1S/C18H19FN4O2/c1-11-4-14(6-15(5-11)25-3)21-18-20-7-16(19)17(22-18)23-8-12(2)13(9-23)10-24/h4-9,24H,10H2,1-3H3,(H,20,21,22). The van der Waals surface area contributed by atoms with Crippen LogP contribution < -0.4 is 10.1 Å². The summed E-state index contributed by atoms with van der Waals surface area (Å²) in [5.74, 6) is 0.534. The molecule has 2 N–H and O–H groups in total. The molecule has 0 unspecified atom stereocenters. The first-order valence-electron chi connectivity index (χ1n) is 7.74. The molecule has 1 aromatic carbocycles. The monoisotopic (exact) mass is 342 g/mol. The van der Waals surface area contributed by atoms with Gasteiger partial charge in [-0.2, -0.15) is 4.98 Å². The van der Waals surface area contributed by atoms with Crippen LogP contribution in [0.15, 0.2) is 36.8 Å². The number of hydrogen-bond donors (Lipinski definition) is 2. The maximum atomic E-state index is 14.2. The molecule has 3 aromatic rings. The second kappa shape index (κ2) is 6.90. The van der Waals surface area contributed by atoms with Crippen molar-refractivity contribution in [1.82, 2.24) is 14.5 Å². The number of anilines is 2. The zero-order valence-electron chi connectivity index (χ0n) is 14.2. The molecule has 7 heteroatoms. The molecule has 0 saturated carbocycles. The summed E-state index contributed by atoms with van der Waals surface area (Å²) in [4.78, 5) is 8.25. The van der Waals surface area contributed by atoms with Crippen molar-refractivity contribution in [2.45, 2.75) is 20.5 Å². The van der Waals surface area contributed by atoms with Gasteiger partial charge in [0.05, 0.1) is 19.9 Å². The molecule has 130 valence electrons. The summed E-state index contributed by atoms with van der Waals surface area (Å²) in [7, 11) is 1.60. The molecule has 0 aliphatic rings. The number of rotatable bonds is 5. The van der Waals surface area contributed by atoms with Gasteiger partial charge in [-0.1, -0.05) is 0 Å². The average molecular weight is 342 g/mol. The summed E-state index contributed by atoms with van der Waals surface area (Å²) >= 11 is 0. The highest BCUT2D eigenvalue weighted by atomic mass is 19.1. The van der Waals surface area contributed by atoms with Gasteiger partial charge in [-0.25, -0.2) is 9.37 Å². The van der Waals surface area contributed by atoms with E-state index in [2.05, 4.69) is 15.3 Å². The van der Waals surface area contributed by atoms with E-state index in [0.717, 1.165) is 28.6 Å². The molecule has 0 bridgehead atoms. The number of aromatic nitrogens is 3. The molecule has 0 spiro atoms. The van der Waals surface area contributed by atoms with E-state index < -0.39 is 5.82 Å². The summed E-state index contributed by atoms with van der Waals surface area (Å²) in [5.41, 5.74) is 3.33.